The van der Waals surface area contributed by atoms with Gasteiger partial charge in [-0.05, 0) is 57.8 Å². The Morgan fingerprint density at radius 3 is 2.16 bits per heavy atom. The molecule has 4 rings (SSSR count). The quantitative estimate of drug-likeness (QED) is 0.0834. The lowest BCUT2D eigenvalue weighted by Crippen LogP contribution is -2.57. The summed E-state index contributed by atoms with van der Waals surface area (Å²) >= 11 is 1.30. The number of amides is 6. The number of benzene rings is 2. The lowest BCUT2D eigenvalue weighted by molar-refractivity contribution is -0.141. The lowest BCUT2D eigenvalue weighted by Gasteiger charge is -2.29. The summed E-state index contributed by atoms with van der Waals surface area (Å²) < 4.78 is 0. The molecule has 0 aromatic heterocycles. The molecule has 16 nitrogen and oxygen atoms in total. The summed E-state index contributed by atoms with van der Waals surface area (Å²) in [5, 5.41) is 16.4. The van der Waals surface area contributed by atoms with E-state index in [0.717, 1.165) is 0 Å². The van der Waals surface area contributed by atoms with E-state index in [0.29, 0.717) is 73.3 Å². The van der Waals surface area contributed by atoms with Crippen LogP contribution < -0.4 is 37.6 Å². The number of carbonyl (C=O) groups excluding carboxylic acids is 8. The first kappa shape index (κ1) is 44.4. The smallest absolute Gasteiger partial charge is 0.245 e. The van der Waals surface area contributed by atoms with E-state index in [2.05, 4.69) is 31.9 Å². The fourth-order valence-corrected chi connectivity index (χ4v) is 7.29. The van der Waals surface area contributed by atoms with Crippen molar-refractivity contribution in [3.05, 3.63) is 64.7 Å². The minimum absolute atomic E-state index is 0.0144. The van der Waals surface area contributed by atoms with E-state index in [-0.39, 0.29) is 29.1 Å². The molecular weight excluding hydrogens is 753 g/mol. The number of hydrogen-bond acceptors (Lipinski definition) is 11. The molecule has 0 bridgehead atoms. The maximum Gasteiger partial charge on any atom is 0.245 e. The van der Waals surface area contributed by atoms with Crippen molar-refractivity contribution in [1.29, 1.82) is 0 Å². The van der Waals surface area contributed by atoms with Gasteiger partial charge in [-0.2, -0.15) is 11.8 Å². The standard InChI is InChI=1S/C40H54N8O8S/c1-22(2)19-29(46-32(49)20-44-38(54)30(21-57-5)47-37(53)24(4)45-36(52)23(3)41)40(56)48-18-9-15-31(48)39(55)43-17-10-16-42-28-14-8-13-27-33(28)35(51)26-12-7-6-11-25(26)34(27)50/h6-8,11-14,22-24,29-31,42H,9-10,15-21,41H2,1-5H3,(H,43,55)(H,44,54)(H,45,52)(H,46,49)(H,47,53)/t23-,24-,29-,30-,31-/m0/s1. The predicted molar refractivity (Wildman–Crippen MR) is 217 cm³/mol. The number of nitrogens with zero attached hydrogens (tertiary/aromatic N) is 1. The second-order valence-electron chi connectivity index (χ2n) is 14.7. The Balaban J connectivity index is 1.27. The van der Waals surface area contributed by atoms with Crippen molar-refractivity contribution in [2.45, 2.75) is 83.6 Å². The van der Waals surface area contributed by atoms with Crippen LogP contribution in [0.2, 0.25) is 0 Å². The second-order valence-corrected chi connectivity index (χ2v) is 15.6. The molecule has 0 radical (unpaired) electrons. The number of hydrogen-bond donors (Lipinski definition) is 7. The third kappa shape index (κ3) is 11.6. The van der Waals surface area contributed by atoms with Gasteiger partial charge in [0.15, 0.2) is 11.6 Å². The molecule has 1 heterocycles. The van der Waals surface area contributed by atoms with Gasteiger partial charge in [-0.15, -0.1) is 0 Å². The zero-order chi connectivity index (χ0) is 41.8. The van der Waals surface area contributed by atoms with Crippen LogP contribution in [0.1, 0.15) is 85.2 Å². The first-order valence-electron chi connectivity index (χ1n) is 19.2. The Bertz CT molecular complexity index is 1850. The van der Waals surface area contributed by atoms with Crippen LogP contribution in [0.25, 0.3) is 0 Å². The zero-order valence-corrected chi connectivity index (χ0v) is 33.9. The van der Waals surface area contributed by atoms with E-state index >= 15 is 0 Å². The van der Waals surface area contributed by atoms with Gasteiger partial charge in [0.1, 0.15) is 24.2 Å². The largest absolute Gasteiger partial charge is 0.384 e. The molecule has 6 amide bonds. The molecule has 1 saturated heterocycles. The van der Waals surface area contributed by atoms with Gasteiger partial charge in [0, 0.05) is 47.8 Å². The number of likely N-dealkylation sites (tertiary alicyclic amines) is 1. The molecule has 0 unspecified atom stereocenters. The average Bonchev–Trinajstić information content (AvgIpc) is 3.68. The highest BCUT2D eigenvalue weighted by molar-refractivity contribution is 7.98. The van der Waals surface area contributed by atoms with Crippen LogP contribution in [0.15, 0.2) is 42.5 Å². The average molecular weight is 807 g/mol. The highest BCUT2D eigenvalue weighted by atomic mass is 32.2. The molecule has 2 aliphatic rings. The topological polar surface area (TPSA) is 238 Å². The maximum atomic E-state index is 13.8. The van der Waals surface area contributed by atoms with E-state index < -0.39 is 66.3 Å². The van der Waals surface area contributed by atoms with Crippen molar-refractivity contribution >= 4 is 64.5 Å². The van der Waals surface area contributed by atoms with Crippen molar-refractivity contribution in [2.24, 2.45) is 11.7 Å². The Kier molecular flexibility index (Phi) is 16.2. The number of nitrogens with one attached hydrogen (secondary N) is 6. The van der Waals surface area contributed by atoms with Crippen LogP contribution >= 0.6 is 11.8 Å². The summed E-state index contributed by atoms with van der Waals surface area (Å²) in [6.07, 6.45) is 3.61. The van der Waals surface area contributed by atoms with E-state index in [4.69, 9.17) is 5.73 Å². The van der Waals surface area contributed by atoms with E-state index in [1.165, 1.54) is 30.5 Å². The Morgan fingerprint density at radius 1 is 0.807 bits per heavy atom. The summed E-state index contributed by atoms with van der Waals surface area (Å²) in [7, 11) is 0. The number of rotatable bonds is 19. The SMILES string of the molecule is CSC[C@H](NC(=O)[C@H](C)NC(=O)[C@H](C)N)C(=O)NCC(=O)N[C@@H](CC(C)C)C(=O)N1CCC[C@H]1C(=O)NCCCNc1cccc2c1C(=O)c1ccccc1C2=O. The molecule has 17 heteroatoms. The van der Waals surface area contributed by atoms with E-state index in [1.54, 1.807) is 48.7 Å². The van der Waals surface area contributed by atoms with Gasteiger partial charge in [-0.25, -0.2) is 0 Å². The van der Waals surface area contributed by atoms with Gasteiger partial charge in [0.05, 0.1) is 18.2 Å². The summed E-state index contributed by atoms with van der Waals surface area (Å²) in [5.74, 6) is -3.28. The molecule has 57 heavy (non-hydrogen) atoms. The van der Waals surface area contributed by atoms with Crippen LogP contribution in [0.4, 0.5) is 5.69 Å². The normalized spacial score (nSPS) is 16.7. The first-order chi connectivity index (χ1) is 27.1. The number of ketones is 2. The van der Waals surface area contributed by atoms with Gasteiger partial charge >= 0.3 is 0 Å². The summed E-state index contributed by atoms with van der Waals surface area (Å²) in [6.45, 7) is 7.33. The molecule has 2 aromatic rings. The van der Waals surface area contributed by atoms with Gasteiger partial charge in [-0.3, -0.25) is 38.4 Å². The molecule has 308 valence electrons. The molecule has 1 fully saturated rings. The maximum absolute atomic E-state index is 13.8. The fraction of sp³-hybridized carbons (Fsp3) is 0.500. The van der Waals surface area contributed by atoms with Crippen molar-refractivity contribution < 1.29 is 38.4 Å². The first-order valence-corrected chi connectivity index (χ1v) is 20.6. The number of fused-ring (bicyclic) bond motifs is 2. The molecule has 0 saturated carbocycles. The summed E-state index contributed by atoms with van der Waals surface area (Å²) in [5.41, 5.74) is 7.51. The molecule has 5 atom stereocenters. The Labute approximate surface area is 337 Å². The molecule has 8 N–H and O–H groups in total. The Hall–Kier alpha value is -5.29. The van der Waals surface area contributed by atoms with Crippen LogP contribution in [0.3, 0.4) is 0 Å². The minimum Gasteiger partial charge on any atom is -0.384 e. The predicted octanol–water partition coefficient (Wildman–Crippen LogP) is 0.718. The fourth-order valence-electron chi connectivity index (χ4n) is 6.72. The van der Waals surface area contributed by atoms with Crippen LogP contribution in [0, 0.1) is 5.92 Å². The highest BCUT2D eigenvalue weighted by Crippen LogP contribution is 2.32. The highest BCUT2D eigenvalue weighted by Gasteiger charge is 2.38. The van der Waals surface area contributed by atoms with E-state index in [9.17, 15) is 38.4 Å². The summed E-state index contributed by atoms with van der Waals surface area (Å²) in [6, 6.07) is 7.42. The van der Waals surface area contributed by atoms with Crippen LogP contribution in [-0.2, 0) is 28.8 Å². The molecule has 2 aromatic carbocycles. The van der Waals surface area contributed by atoms with Crippen LogP contribution in [0.5, 0.6) is 0 Å². The van der Waals surface area contributed by atoms with Gasteiger partial charge in [0.25, 0.3) is 0 Å². The minimum atomic E-state index is -1.00. The van der Waals surface area contributed by atoms with Crippen molar-refractivity contribution in [3.8, 4) is 0 Å². The van der Waals surface area contributed by atoms with Crippen molar-refractivity contribution in [1.82, 2.24) is 31.5 Å². The molecule has 0 spiro atoms. The van der Waals surface area contributed by atoms with Gasteiger partial charge < -0.3 is 42.5 Å². The number of thioether (sulfide) groups is 1. The Morgan fingerprint density at radius 2 is 1.49 bits per heavy atom. The molecule has 1 aliphatic heterocycles. The van der Waals surface area contributed by atoms with Gasteiger partial charge in [-0.1, -0.05) is 50.2 Å². The lowest BCUT2D eigenvalue weighted by atomic mass is 9.83. The van der Waals surface area contributed by atoms with Crippen molar-refractivity contribution in [3.63, 3.8) is 0 Å². The number of anilines is 1. The summed E-state index contributed by atoms with van der Waals surface area (Å²) in [4.78, 5) is 106. The van der Waals surface area contributed by atoms with Crippen molar-refractivity contribution in [2.75, 3.05) is 43.5 Å². The number of carbonyl (C=O) groups is 8. The molecular formula is C40H54N8O8S. The third-order valence-electron chi connectivity index (χ3n) is 9.65. The molecule has 1 aliphatic carbocycles. The monoisotopic (exact) mass is 806 g/mol. The second kappa shape index (κ2) is 20.8. The number of nitrogens with two attached hydrogens (primary N) is 1. The van der Waals surface area contributed by atoms with Gasteiger partial charge in [0.2, 0.25) is 35.4 Å². The van der Waals surface area contributed by atoms with E-state index in [1.807, 2.05) is 13.8 Å². The third-order valence-corrected chi connectivity index (χ3v) is 10.3. The zero-order valence-electron chi connectivity index (χ0n) is 33.1. The van der Waals surface area contributed by atoms with Crippen LogP contribution in [-0.4, -0.2) is 120 Å².